The lowest BCUT2D eigenvalue weighted by Crippen LogP contribution is -2.35. The molecule has 0 atom stereocenters. The third kappa shape index (κ3) is 4.10. The molecule has 0 saturated heterocycles. The van der Waals surface area contributed by atoms with Gasteiger partial charge in [0, 0.05) is 22.8 Å². The minimum atomic E-state index is -0.431. The molecule has 160 valence electrons. The third-order valence-corrected chi connectivity index (χ3v) is 6.47. The summed E-state index contributed by atoms with van der Waals surface area (Å²) < 4.78 is 2.00. The Bertz CT molecular complexity index is 1210. The van der Waals surface area contributed by atoms with Crippen LogP contribution in [-0.4, -0.2) is 31.5 Å². The fraction of sp³-hybridized carbons (Fsp3) is 0.273. The first kappa shape index (κ1) is 21.9. The van der Waals surface area contributed by atoms with Crippen molar-refractivity contribution in [3.05, 3.63) is 56.8 Å². The van der Waals surface area contributed by atoms with Crippen molar-refractivity contribution < 1.29 is 4.79 Å². The Hall–Kier alpha value is -2.35. The molecule has 4 rings (SSSR count). The maximum Gasteiger partial charge on any atom is 0.283 e. The van der Waals surface area contributed by atoms with Gasteiger partial charge >= 0.3 is 0 Å². The van der Waals surface area contributed by atoms with Crippen molar-refractivity contribution in [2.45, 2.75) is 34.1 Å². The number of hydrazone groups is 1. The first-order chi connectivity index (χ1) is 14.7. The van der Waals surface area contributed by atoms with Crippen molar-refractivity contribution in [3.63, 3.8) is 0 Å². The summed E-state index contributed by atoms with van der Waals surface area (Å²) in [4.78, 5) is 16.9. The summed E-state index contributed by atoms with van der Waals surface area (Å²) in [6.45, 7) is 8.11. The van der Waals surface area contributed by atoms with E-state index < -0.39 is 5.91 Å². The van der Waals surface area contributed by atoms with E-state index in [1.165, 1.54) is 16.8 Å². The van der Waals surface area contributed by atoms with Crippen molar-refractivity contribution in [2.75, 3.05) is 0 Å². The molecule has 1 amide bonds. The van der Waals surface area contributed by atoms with Crippen molar-refractivity contribution in [2.24, 2.45) is 16.0 Å². The van der Waals surface area contributed by atoms with Gasteiger partial charge in [-0.2, -0.15) is 15.1 Å². The molecule has 31 heavy (non-hydrogen) atoms. The summed E-state index contributed by atoms with van der Waals surface area (Å²) in [6.07, 6.45) is 2.48. The standard InChI is InChI=1S/C22H21Cl2N5OS/c1-11(2)7-19-27-29-20(25)16(21(30)26-22(29)31-19)9-14-8-12(3)28(13(14)4)18-6-5-15(23)10-17(18)24/h5-6,8-11,25H,7H2,1-4H3/b16-9-,25-20?. The van der Waals surface area contributed by atoms with Crippen LogP contribution in [0.2, 0.25) is 10.0 Å². The van der Waals surface area contributed by atoms with Gasteiger partial charge in [0.25, 0.3) is 5.91 Å². The second-order valence-electron chi connectivity index (χ2n) is 7.87. The number of hydrogen-bond donors (Lipinski definition) is 1. The molecule has 0 radical (unpaired) electrons. The number of rotatable bonds is 4. The summed E-state index contributed by atoms with van der Waals surface area (Å²) in [5, 5.41) is 16.9. The number of aryl methyl sites for hydroxylation is 1. The molecular formula is C22H21Cl2N5OS. The number of halogens is 2. The highest BCUT2D eigenvalue weighted by molar-refractivity contribution is 8.26. The monoisotopic (exact) mass is 473 g/mol. The van der Waals surface area contributed by atoms with Crippen LogP contribution in [0.5, 0.6) is 0 Å². The zero-order valence-corrected chi connectivity index (χ0v) is 19.9. The van der Waals surface area contributed by atoms with Crippen LogP contribution in [0.1, 0.15) is 37.2 Å². The largest absolute Gasteiger partial charge is 0.316 e. The number of fused-ring (bicyclic) bond motifs is 1. The number of nitrogens with one attached hydrogen (secondary N) is 1. The van der Waals surface area contributed by atoms with Gasteiger partial charge < -0.3 is 4.57 Å². The Balaban J connectivity index is 1.72. The maximum atomic E-state index is 12.7. The summed E-state index contributed by atoms with van der Waals surface area (Å²) in [5.74, 6) is 0.0350. The minimum absolute atomic E-state index is 0.0376. The summed E-state index contributed by atoms with van der Waals surface area (Å²) in [5.41, 5.74) is 3.66. The number of carbonyl (C=O) groups excluding carboxylic acids is 1. The van der Waals surface area contributed by atoms with Crippen LogP contribution in [0.15, 0.2) is 39.9 Å². The van der Waals surface area contributed by atoms with Gasteiger partial charge in [-0.15, -0.1) is 0 Å². The quantitative estimate of drug-likeness (QED) is 0.547. The topological polar surface area (TPSA) is 73.8 Å². The number of thioether (sulfide) groups is 1. The molecule has 1 aromatic heterocycles. The molecule has 0 fully saturated rings. The van der Waals surface area contributed by atoms with Crippen molar-refractivity contribution in [1.29, 1.82) is 5.41 Å². The molecule has 0 saturated carbocycles. The van der Waals surface area contributed by atoms with E-state index in [0.29, 0.717) is 21.1 Å². The van der Waals surface area contributed by atoms with E-state index in [-0.39, 0.29) is 11.4 Å². The second kappa shape index (κ2) is 8.30. The molecule has 1 N–H and O–H groups in total. The maximum absolute atomic E-state index is 12.7. The Morgan fingerprint density at radius 1 is 1.23 bits per heavy atom. The lowest BCUT2D eigenvalue weighted by atomic mass is 10.1. The van der Waals surface area contributed by atoms with E-state index in [9.17, 15) is 4.79 Å². The number of amidine groups is 2. The third-order valence-electron chi connectivity index (χ3n) is 5.00. The smallest absolute Gasteiger partial charge is 0.283 e. The van der Waals surface area contributed by atoms with E-state index in [0.717, 1.165) is 34.1 Å². The lowest BCUT2D eigenvalue weighted by Gasteiger charge is -2.20. The van der Waals surface area contributed by atoms with Crippen LogP contribution in [-0.2, 0) is 4.79 Å². The Morgan fingerprint density at radius 3 is 2.65 bits per heavy atom. The highest BCUT2D eigenvalue weighted by Gasteiger charge is 2.35. The predicted molar refractivity (Wildman–Crippen MR) is 130 cm³/mol. The van der Waals surface area contributed by atoms with E-state index in [4.69, 9.17) is 28.6 Å². The number of benzene rings is 1. The summed E-state index contributed by atoms with van der Waals surface area (Å²) in [7, 11) is 0. The second-order valence-corrected chi connectivity index (χ2v) is 9.75. The summed E-state index contributed by atoms with van der Waals surface area (Å²) in [6, 6.07) is 7.30. The normalized spacial score (nSPS) is 17.5. The first-order valence-corrected chi connectivity index (χ1v) is 11.4. The Kier molecular flexibility index (Phi) is 5.85. The molecule has 0 aliphatic carbocycles. The fourth-order valence-corrected chi connectivity index (χ4v) is 5.18. The molecular weight excluding hydrogens is 453 g/mol. The minimum Gasteiger partial charge on any atom is -0.316 e. The van der Waals surface area contributed by atoms with Crippen LogP contribution in [0.25, 0.3) is 11.8 Å². The number of hydrogen-bond acceptors (Lipinski definition) is 4. The molecule has 2 aliphatic rings. The van der Waals surface area contributed by atoms with Crippen molar-refractivity contribution in [1.82, 2.24) is 9.58 Å². The van der Waals surface area contributed by atoms with Gasteiger partial charge in [0.05, 0.1) is 16.3 Å². The van der Waals surface area contributed by atoms with Crippen LogP contribution in [0.4, 0.5) is 0 Å². The Labute approximate surface area is 195 Å². The zero-order chi connectivity index (χ0) is 22.4. The number of aromatic nitrogens is 1. The fourth-order valence-electron chi connectivity index (χ4n) is 3.59. The van der Waals surface area contributed by atoms with Gasteiger partial charge in [-0.1, -0.05) is 37.0 Å². The lowest BCUT2D eigenvalue weighted by molar-refractivity contribution is -0.114. The van der Waals surface area contributed by atoms with E-state index in [1.807, 2.05) is 30.5 Å². The highest BCUT2D eigenvalue weighted by atomic mass is 35.5. The van der Waals surface area contributed by atoms with E-state index >= 15 is 0 Å². The first-order valence-electron chi connectivity index (χ1n) is 9.79. The molecule has 0 unspecified atom stereocenters. The molecule has 1 aromatic carbocycles. The molecule has 6 nitrogen and oxygen atoms in total. The van der Waals surface area contributed by atoms with Crippen LogP contribution >= 0.6 is 35.0 Å². The molecule has 0 spiro atoms. The van der Waals surface area contributed by atoms with Crippen molar-refractivity contribution in [3.8, 4) is 5.69 Å². The highest BCUT2D eigenvalue weighted by Crippen LogP contribution is 2.33. The van der Waals surface area contributed by atoms with Gasteiger partial charge in [-0.25, -0.2) is 0 Å². The predicted octanol–water partition coefficient (Wildman–Crippen LogP) is 6.07. The van der Waals surface area contributed by atoms with Gasteiger partial charge in [-0.05, 0) is 67.4 Å². The van der Waals surface area contributed by atoms with Crippen molar-refractivity contribution >= 4 is 63.0 Å². The van der Waals surface area contributed by atoms with E-state index in [2.05, 4.69) is 23.9 Å². The molecule has 9 heteroatoms. The molecule has 2 aliphatic heterocycles. The van der Waals surface area contributed by atoms with Gasteiger partial charge in [-0.3, -0.25) is 10.2 Å². The Morgan fingerprint density at radius 2 is 1.97 bits per heavy atom. The number of carbonyl (C=O) groups is 1. The zero-order valence-electron chi connectivity index (χ0n) is 17.5. The van der Waals surface area contributed by atoms with Crippen LogP contribution in [0.3, 0.4) is 0 Å². The van der Waals surface area contributed by atoms with E-state index in [1.54, 1.807) is 18.2 Å². The number of aliphatic imine (C=N–C) groups is 1. The number of nitrogens with zero attached hydrogens (tertiary/aromatic N) is 4. The van der Waals surface area contributed by atoms with Gasteiger partial charge in [0.2, 0.25) is 5.17 Å². The molecule has 2 aromatic rings. The average Bonchev–Trinajstić information content (AvgIpc) is 3.19. The summed E-state index contributed by atoms with van der Waals surface area (Å²) >= 11 is 13.8. The molecule has 0 bridgehead atoms. The van der Waals surface area contributed by atoms with Gasteiger partial charge in [0.1, 0.15) is 5.04 Å². The number of amides is 1. The average molecular weight is 474 g/mol. The van der Waals surface area contributed by atoms with Crippen LogP contribution in [0, 0.1) is 25.2 Å². The van der Waals surface area contributed by atoms with Crippen LogP contribution < -0.4 is 0 Å². The molecule has 3 heterocycles. The van der Waals surface area contributed by atoms with Gasteiger partial charge in [0.15, 0.2) is 5.84 Å². The SMILES string of the molecule is Cc1cc(/C=C2/C(=N)N3N=C(CC(C)C)SC3=NC2=O)c(C)n1-c1ccc(Cl)cc1Cl.